The number of fused-ring (bicyclic) bond motifs is 1. The van der Waals surface area contributed by atoms with E-state index in [2.05, 4.69) is 10.3 Å². The molecule has 130 valence electrons. The normalized spacial score (nSPS) is 10.7. The zero-order chi connectivity index (χ0) is 18.1. The number of aryl methyl sites for hydroxylation is 1. The lowest BCUT2D eigenvalue weighted by molar-refractivity contribution is 0.0697. The summed E-state index contributed by atoms with van der Waals surface area (Å²) in [5, 5.41) is 13.9. The molecule has 0 spiro atoms. The highest BCUT2D eigenvalue weighted by atomic mass is 32.1. The number of nitrogens with one attached hydrogen (secondary N) is 1. The fraction of sp³-hybridized carbons (Fsp3) is 0.188. The number of amides is 1. The van der Waals surface area contributed by atoms with Gasteiger partial charge in [-0.05, 0) is 6.92 Å². The number of methoxy groups -OCH3 is 2. The number of carboxylic acids is 1. The minimum atomic E-state index is -1.20. The van der Waals surface area contributed by atoms with Gasteiger partial charge in [0.1, 0.15) is 5.69 Å². The van der Waals surface area contributed by atoms with E-state index in [9.17, 15) is 14.7 Å². The van der Waals surface area contributed by atoms with Gasteiger partial charge in [0, 0.05) is 29.4 Å². The quantitative estimate of drug-likeness (QED) is 0.724. The molecule has 2 aromatic heterocycles. The number of ether oxygens (including phenoxy) is 2. The Bertz CT molecular complexity index is 976. The molecule has 3 rings (SSSR count). The summed E-state index contributed by atoms with van der Waals surface area (Å²) in [7, 11) is 2.83. The molecule has 0 bridgehead atoms. The van der Waals surface area contributed by atoms with Gasteiger partial charge in [-0.2, -0.15) is 0 Å². The number of aromatic carboxylic acids is 1. The molecule has 25 heavy (non-hydrogen) atoms. The van der Waals surface area contributed by atoms with Crippen molar-refractivity contribution >= 4 is 33.9 Å². The second-order valence-electron chi connectivity index (χ2n) is 5.17. The first kappa shape index (κ1) is 16.8. The Morgan fingerprint density at radius 1 is 1.24 bits per heavy atom. The predicted octanol–water partition coefficient (Wildman–Crippen LogP) is 2.67. The average molecular weight is 361 g/mol. The van der Waals surface area contributed by atoms with Crippen molar-refractivity contribution in [2.75, 3.05) is 19.5 Å². The molecule has 0 radical (unpaired) electrons. The summed E-state index contributed by atoms with van der Waals surface area (Å²) in [6.07, 6.45) is 1.61. The fourth-order valence-corrected chi connectivity index (χ4v) is 3.20. The van der Waals surface area contributed by atoms with Crippen molar-refractivity contribution in [3.05, 3.63) is 40.7 Å². The van der Waals surface area contributed by atoms with Crippen LogP contribution in [0.4, 0.5) is 5.69 Å². The number of anilines is 1. The molecule has 0 fully saturated rings. The summed E-state index contributed by atoms with van der Waals surface area (Å²) in [5.74, 6) is -1.14. The summed E-state index contributed by atoms with van der Waals surface area (Å²) in [5.41, 5.74) is 1.15. The summed E-state index contributed by atoms with van der Waals surface area (Å²) < 4.78 is 12.1. The number of carboxylic acid groups (broad SMARTS) is 1. The lowest BCUT2D eigenvalue weighted by Gasteiger charge is -2.13. The van der Waals surface area contributed by atoms with E-state index in [1.807, 2.05) is 12.3 Å². The Balaban J connectivity index is 1.97. The molecular weight excluding hydrogens is 346 g/mol. The number of imidazole rings is 1. The third-order valence-electron chi connectivity index (χ3n) is 3.62. The lowest BCUT2D eigenvalue weighted by atomic mass is 10.1. The SMILES string of the molecule is COc1cc(NC(=O)c2cn3c(C)csc3n2)c(C(=O)O)cc1OC. The molecular formula is C16H15N3O5S. The Morgan fingerprint density at radius 2 is 1.92 bits per heavy atom. The van der Waals surface area contributed by atoms with E-state index >= 15 is 0 Å². The Hall–Kier alpha value is -3.07. The molecule has 0 atom stereocenters. The van der Waals surface area contributed by atoms with E-state index in [1.54, 1.807) is 10.6 Å². The van der Waals surface area contributed by atoms with Gasteiger partial charge in [0.05, 0.1) is 25.5 Å². The first-order valence-corrected chi connectivity index (χ1v) is 8.06. The van der Waals surface area contributed by atoms with Crippen molar-refractivity contribution in [3.8, 4) is 11.5 Å². The molecule has 1 amide bonds. The maximum Gasteiger partial charge on any atom is 0.337 e. The van der Waals surface area contributed by atoms with Crippen LogP contribution >= 0.6 is 11.3 Å². The lowest BCUT2D eigenvalue weighted by Crippen LogP contribution is -2.15. The molecule has 0 aliphatic carbocycles. The summed E-state index contributed by atoms with van der Waals surface area (Å²) in [6.45, 7) is 1.91. The van der Waals surface area contributed by atoms with Crippen LogP contribution in [0.1, 0.15) is 26.5 Å². The van der Waals surface area contributed by atoms with Gasteiger partial charge in [-0.1, -0.05) is 0 Å². The molecule has 0 saturated carbocycles. The molecule has 8 nitrogen and oxygen atoms in total. The summed E-state index contributed by atoms with van der Waals surface area (Å²) in [6, 6.07) is 2.70. The van der Waals surface area contributed by atoms with E-state index in [0.717, 1.165) is 5.69 Å². The zero-order valence-electron chi connectivity index (χ0n) is 13.7. The van der Waals surface area contributed by atoms with Crippen LogP contribution in [0.3, 0.4) is 0 Å². The van der Waals surface area contributed by atoms with E-state index in [-0.39, 0.29) is 22.7 Å². The van der Waals surface area contributed by atoms with Crippen molar-refractivity contribution in [2.45, 2.75) is 6.92 Å². The van der Waals surface area contributed by atoms with E-state index < -0.39 is 11.9 Å². The Kier molecular flexibility index (Phi) is 4.32. The number of nitrogens with zero attached hydrogens (tertiary/aromatic N) is 2. The van der Waals surface area contributed by atoms with Gasteiger partial charge >= 0.3 is 5.97 Å². The van der Waals surface area contributed by atoms with Crippen molar-refractivity contribution in [1.29, 1.82) is 0 Å². The first-order chi connectivity index (χ1) is 11.9. The number of carbonyl (C=O) groups is 2. The van der Waals surface area contributed by atoms with E-state index in [1.165, 1.54) is 37.7 Å². The number of thiazole rings is 1. The third kappa shape index (κ3) is 3.01. The highest BCUT2D eigenvalue weighted by Gasteiger charge is 2.20. The molecule has 3 aromatic rings. The standard InChI is InChI=1S/C16H15N3O5S/c1-8-7-25-16-18-11(6-19(8)16)14(20)17-10-5-13(24-3)12(23-2)4-9(10)15(21)22/h4-7H,1-3H3,(H,17,20)(H,21,22). The molecule has 0 unspecified atom stereocenters. The molecule has 2 N–H and O–H groups in total. The number of hydrogen-bond donors (Lipinski definition) is 2. The highest BCUT2D eigenvalue weighted by molar-refractivity contribution is 7.15. The largest absolute Gasteiger partial charge is 0.493 e. The van der Waals surface area contributed by atoms with Gasteiger partial charge in [0.2, 0.25) is 0 Å². The van der Waals surface area contributed by atoms with Crippen LogP contribution in [0.5, 0.6) is 11.5 Å². The molecule has 2 heterocycles. The fourth-order valence-electron chi connectivity index (χ4n) is 2.35. The van der Waals surface area contributed by atoms with Crippen LogP contribution in [0, 0.1) is 6.92 Å². The van der Waals surface area contributed by atoms with Gasteiger partial charge in [-0.15, -0.1) is 11.3 Å². The number of carbonyl (C=O) groups excluding carboxylic acids is 1. The molecule has 0 aliphatic rings. The van der Waals surface area contributed by atoms with Crippen LogP contribution in [0.25, 0.3) is 4.96 Å². The average Bonchev–Trinajstić information content (AvgIpc) is 3.16. The molecule has 9 heteroatoms. The van der Waals surface area contributed by atoms with Gasteiger partial charge in [-0.25, -0.2) is 9.78 Å². The number of rotatable bonds is 5. The van der Waals surface area contributed by atoms with Crippen molar-refractivity contribution < 1.29 is 24.2 Å². The summed E-state index contributed by atoms with van der Waals surface area (Å²) >= 11 is 1.42. The van der Waals surface area contributed by atoms with Crippen LogP contribution in [0.15, 0.2) is 23.7 Å². The maximum atomic E-state index is 12.5. The smallest absolute Gasteiger partial charge is 0.337 e. The zero-order valence-corrected chi connectivity index (χ0v) is 14.5. The minimum absolute atomic E-state index is 0.100. The predicted molar refractivity (Wildman–Crippen MR) is 92.3 cm³/mol. The number of hydrogen-bond acceptors (Lipinski definition) is 6. The van der Waals surface area contributed by atoms with Crippen LogP contribution in [-0.4, -0.2) is 40.6 Å². The Labute approximate surface area is 146 Å². The highest BCUT2D eigenvalue weighted by Crippen LogP contribution is 2.33. The minimum Gasteiger partial charge on any atom is -0.493 e. The molecule has 0 saturated heterocycles. The van der Waals surface area contributed by atoms with Crippen LogP contribution in [-0.2, 0) is 0 Å². The molecule has 0 aliphatic heterocycles. The van der Waals surface area contributed by atoms with Gasteiger partial charge in [0.25, 0.3) is 5.91 Å². The summed E-state index contributed by atoms with van der Waals surface area (Å²) in [4.78, 5) is 28.9. The number of aromatic nitrogens is 2. The van der Waals surface area contributed by atoms with Crippen molar-refractivity contribution in [3.63, 3.8) is 0 Å². The van der Waals surface area contributed by atoms with Gasteiger partial charge < -0.3 is 19.9 Å². The van der Waals surface area contributed by atoms with Crippen molar-refractivity contribution in [1.82, 2.24) is 9.38 Å². The van der Waals surface area contributed by atoms with Gasteiger partial charge in [0.15, 0.2) is 16.5 Å². The van der Waals surface area contributed by atoms with Crippen LogP contribution < -0.4 is 14.8 Å². The van der Waals surface area contributed by atoms with Gasteiger partial charge in [-0.3, -0.25) is 9.20 Å². The topological polar surface area (TPSA) is 102 Å². The third-order valence-corrected chi connectivity index (χ3v) is 4.58. The maximum absolute atomic E-state index is 12.5. The van der Waals surface area contributed by atoms with Crippen molar-refractivity contribution in [2.24, 2.45) is 0 Å². The first-order valence-electron chi connectivity index (χ1n) is 7.18. The monoisotopic (exact) mass is 361 g/mol. The second-order valence-corrected chi connectivity index (χ2v) is 6.00. The van der Waals surface area contributed by atoms with Crippen LogP contribution in [0.2, 0.25) is 0 Å². The second kappa shape index (κ2) is 6.44. The molecule has 1 aromatic carbocycles. The van der Waals surface area contributed by atoms with E-state index in [4.69, 9.17) is 9.47 Å². The van der Waals surface area contributed by atoms with E-state index in [0.29, 0.717) is 10.7 Å². The number of benzene rings is 1. The Morgan fingerprint density at radius 3 is 2.52 bits per heavy atom.